The van der Waals surface area contributed by atoms with Crippen LogP contribution < -0.4 is 5.56 Å². The first-order chi connectivity index (χ1) is 6.86. The summed E-state index contributed by atoms with van der Waals surface area (Å²) in [6, 6.07) is 1.40. The number of pyridine rings is 1. The monoisotopic (exact) mass is 209 g/mol. The predicted octanol–water partition coefficient (Wildman–Crippen LogP) is 1.74. The van der Waals surface area contributed by atoms with Crippen molar-refractivity contribution in [2.45, 2.75) is 33.7 Å². The number of rotatable bonds is 2. The minimum absolute atomic E-state index is 0.0319. The van der Waals surface area contributed by atoms with Crippen molar-refractivity contribution in [2.75, 3.05) is 0 Å². The van der Waals surface area contributed by atoms with Crippen LogP contribution in [0.2, 0.25) is 0 Å². The molecule has 4 heteroatoms. The maximum atomic E-state index is 11.8. The summed E-state index contributed by atoms with van der Waals surface area (Å²) in [5, 5.41) is 8.87. The van der Waals surface area contributed by atoms with E-state index in [0.717, 1.165) is 11.3 Å². The molecule has 15 heavy (non-hydrogen) atoms. The number of hydrogen-bond donors (Lipinski definition) is 1. The highest BCUT2D eigenvalue weighted by atomic mass is 16.4. The van der Waals surface area contributed by atoms with Crippen LogP contribution in [0.15, 0.2) is 10.9 Å². The first-order valence-electron chi connectivity index (χ1n) is 4.82. The number of nitrogens with zero attached hydrogens (tertiary/aromatic N) is 1. The molecule has 0 saturated carbocycles. The second-order valence-corrected chi connectivity index (χ2v) is 3.90. The number of carboxylic acids is 1. The van der Waals surface area contributed by atoms with Crippen molar-refractivity contribution >= 4 is 5.97 Å². The maximum Gasteiger partial charge on any atom is 0.341 e. The van der Waals surface area contributed by atoms with Crippen LogP contribution in [0.4, 0.5) is 0 Å². The molecular formula is C11H15NO3. The zero-order chi connectivity index (χ0) is 11.7. The fraction of sp³-hybridized carbons (Fsp3) is 0.455. The highest BCUT2D eigenvalue weighted by Crippen LogP contribution is 2.11. The zero-order valence-corrected chi connectivity index (χ0v) is 9.37. The van der Waals surface area contributed by atoms with Crippen molar-refractivity contribution in [3.8, 4) is 0 Å². The Morgan fingerprint density at radius 3 is 2.33 bits per heavy atom. The number of carboxylic acid groups (broad SMARTS) is 1. The average molecular weight is 209 g/mol. The van der Waals surface area contributed by atoms with Crippen molar-refractivity contribution in [3.05, 3.63) is 33.2 Å². The molecule has 0 fully saturated rings. The van der Waals surface area contributed by atoms with E-state index in [1.165, 1.54) is 10.6 Å². The van der Waals surface area contributed by atoms with E-state index in [-0.39, 0.29) is 11.6 Å². The van der Waals surface area contributed by atoms with Crippen LogP contribution in [0.25, 0.3) is 0 Å². The lowest BCUT2D eigenvalue weighted by Gasteiger charge is -2.16. The Labute approximate surface area is 88.2 Å². The van der Waals surface area contributed by atoms with E-state index in [0.29, 0.717) is 0 Å². The van der Waals surface area contributed by atoms with Crippen LogP contribution in [0.5, 0.6) is 0 Å². The molecule has 0 unspecified atom stereocenters. The van der Waals surface area contributed by atoms with E-state index >= 15 is 0 Å². The Morgan fingerprint density at radius 2 is 1.93 bits per heavy atom. The number of aryl methyl sites for hydroxylation is 1. The van der Waals surface area contributed by atoms with Gasteiger partial charge in [0.25, 0.3) is 5.56 Å². The minimum atomic E-state index is -1.17. The van der Waals surface area contributed by atoms with E-state index in [1.54, 1.807) is 6.92 Å². The van der Waals surface area contributed by atoms with Crippen LogP contribution in [-0.2, 0) is 0 Å². The molecule has 0 radical (unpaired) electrons. The van der Waals surface area contributed by atoms with Crippen LogP contribution in [0, 0.1) is 13.8 Å². The van der Waals surface area contributed by atoms with E-state index in [9.17, 15) is 9.59 Å². The quantitative estimate of drug-likeness (QED) is 0.807. The highest BCUT2D eigenvalue weighted by molar-refractivity contribution is 5.87. The third-order valence-electron chi connectivity index (χ3n) is 2.49. The standard InChI is InChI=1S/C11H15NO3/c1-6(2)12-8(4)7(3)5-9(10(12)13)11(14)15/h5-6H,1-4H3,(H,14,15). The average Bonchev–Trinajstić information content (AvgIpc) is 2.10. The minimum Gasteiger partial charge on any atom is -0.477 e. The largest absolute Gasteiger partial charge is 0.477 e. The summed E-state index contributed by atoms with van der Waals surface area (Å²) >= 11 is 0. The van der Waals surface area contributed by atoms with E-state index in [1.807, 2.05) is 20.8 Å². The lowest BCUT2D eigenvalue weighted by Crippen LogP contribution is -2.30. The maximum absolute atomic E-state index is 11.8. The molecule has 82 valence electrons. The molecule has 1 rings (SSSR count). The third kappa shape index (κ3) is 1.93. The molecule has 1 aromatic rings. The molecule has 0 saturated heterocycles. The van der Waals surface area contributed by atoms with Gasteiger partial charge in [-0.15, -0.1) is 0 Å². The Bertz CT molecular complexity index is 458. The second-order valence-electron chi connectivity index (χ2n) is 3.90. The lowest BCUT2D eigenvalue weighted by molar-refractivity contribution is 0.0694. The van der Waals surface area contributed by atoms with Crippen molar-refractivity contribution < 1.29 is 9.90 Å². The normalized spacial score (nSPS) is 10.7. The van der Waals surface area contributed by atoms with Gasteiger partial charge in [-0.05, 0) is 39.3 Å². The SMILES string of the molecule is Cc1cc(C(=O)O)c(=O)n(C(C)C)c1C. The number of carbonyl (C=O) groups is 1. The molecule has 1 N–H and O–H groups in total. The van der Waals surface area contributed by atoms with Crippen LogP contribution in [0.1, 0.15) is 41.5 Å². The van der Waals surface area contributed by atoms with Gasteiger partial charge < -0.3 is 9.67 Å². The van der Waals surface area contributed by atoms with E-state index < -0.39 is 11.5 Å². The smallest absolute Gasteiger partial charge is 0.341 e. The van der Waals surface area contributed by atoms with Gasteiger partial charge in [-0.2, -0.15) is 0 Å². The number of aromatic nitrogens is 1. The van der Waals surface area contributed by atoms with Crippen LogP contribution >= 0.6 is 0 Å². The Morgan fingerprint density at radius 1 is 1.40 bits per heavy atom. The van der Waals surface area contributed by atoms with Crippen molar-refractivity contribution in [1.29, 1.82) is 0 Å². The lowest BCUT2D eigenvalue weighted by atomic mass is 10.1. The van der Waals surface area contributed by atoms with Crippen molar-refractivity contribution in [1.82, 2.24) is 4.57 Å². The zero-order valence-electron chi connectivity index (χ0n) is 9.37. The summed E-state index contributed by atoms with van der Waals surface area (Å²) in [6.45, 7) is 7.35. The summed E-state index contributed by atoms with van der Waals surface area (Å²) in [5.41, 5.74) is 1.05. The summed E-state index contributed by atoms with van der Waals surface area (Å²) in [4.78, 5) is 22.7. The van der Waals surface area contributed by atoms with Crippen molar-refractivity contribution in [3.63, 3.8) is 0 Å². The molecule has 0 spiro atoms. The van der Waals surface area contributed by atoms with E-state index in [2.05, 4.69) is 0 Å². The van der Waals surface area contributed by atoms with Gasteiger partial charge in [-0.1, -0.05) is 0 Å². The first kappa shape index (κ1) is 11.5. The van der Waals surface area contributed by atoms with Crippen LogP contribution in [-0.4, -0.2) is 15.6 Å². The molecule has 0 atom stereocenters. The molecule has 4 nitrogen and oxygen atoms in total. The van der Waals surface area contributed by atoms with Gasteiger partial charge in [0.2, 0.25) is 0 Å². The molecule has 0 aliphatic heterocycles. The summed E-state index contributed by atoms with van der Waals surface area (Å²) in [7, 11) is 0. The van der Waals surface area contributed by atoms with Gasteiger partial charge in [-0.3, -0.25) is 4.79 Å². The number of aromatic carboxylic acids is 1. The third-order valence-corrected chi connectivity index (χ3v) is 2.49. The second kappa shape index (κ2) is 3.88. The fourth-order valence-corrected chi connectivity index (χ4v) is 1.63. The van der Waals surface area contributed by atoms with Gasteiger partial charge in [0.1, 0.15) is 5.56 Å². The van der Waals surface area contributed by atoms with Gasteiger partial charge >= 0.3 is 5.97 Å². The Kier molecular flexibility index (Phi) is 2.98. The number of hydrogen-bond acceptors (Lipinski definition) is 2. The molecule has 0 aromatic carbocycles. The topological polar surface area (TPSA) is 59.3 Å². The van der Waals surface area contributed by atoms with Gasteiger partial charge in [-0.25, -0.2) is 4.79 Å². The predicted molar refractivity (Wildman–Crippen MR) is 57.5 cm³/mol. The molecule has 1 aromatic heterocycles. The Hall–Kier alpha value is -1.58. The van der Waals surface area contributed by atoms with E-state index in [4.69, 9.17) is 5.11 Å². The summed E-state index contributed by atoms with van der Waals surface area (Å²) in [6.07, 6.45) is 0. The Balaban J connectivity index is 3.64. The molecule has 0 amide bonds. The molecule has 0 aliphatic rings. The molecule has 0 aliphatic carbocycles. The molecular weight excluding hydrogens is 194 g/mol. The molecule has 0 bridgehead atoms. The van der Waals surface area contributed by atoms with Gasteiger partial charge in [0.05, 0.1) is 0 Å². The highest BCUT2D eigenvalue weighted by Gasteiger charge is 2.16. The van der Waals surface area contributed by atoms with Crippen LogP contribution in [0.3, 0.4) is 0 Å². The van der Waals surface area contributed by atoms with Gasteiger partial charge in [0.15, 0.2) is 0 Å². The summed E-state index contributed by atoms with van der Waals surface area (Å²) < 4.78 is 1.51. The summed E-state index contributed by atoms with van der Waals surface area (Å²) in [5.74, 6) is -1.17. The fourth-order valence-electron chi connectivity index (χ4n) is 1.63. The van der Waals surface area contributed by atoms with Crippen molar-refractivity contribution in [2.24, 2.45) is 0 Å². The first-order valence-corrected chi connectivity index (χ1v) is 4.82. The molecule has 1 heterocycles. The van der Waals surface area contributed by atoms with Gasteiger partial charge in [0, 0.05) is 11.7 Å².